The van der Waals surface area contributed by atoms with E-state index in [2.05, 4.69) is 10.3 Å². The number of benzene rings is 2. The van der Waals surface area contributed by atoms with E-state index in [1.54, 1.807) is 49.7 Å². The number of aromatic nitrogens is 1. The van der Waals surface area contributed by atoms with Gasteiger partial charge < -0.3 is 19.5 Å². The summed E-state index contributed by atoms with van der Waals surface area (Å²) in [6, 6.07) is 18.5. The highest BCUT2D eigenvalue weighted by molar-refractivity contribution is 5.94. The lowest BCUT2D eigenvalue weighted by Gasteiger charge is -2.24. The Kier molecular flexibility index (Phi) is 5.10. The van der Waals surface area contributed by atoms with Crippen LogP contribution in [0.15, 0.2) is 66.9 Å². The maximum Gasteiger partial charge on any atom is 0.243 e. The van der Waals surface area contributed by atoms with E-state index < -0.39 is 0 Å². The minimum absolute atomic E-state index is 0.123. The Hall–Kier alpha value is -3.54. The number of carbonyl (C=O) groups excluding carboxylic acids is 1. The Balaban J connectivity index is 1.47. The zero-order valence-electron chi connectivity index (χ0n) is 15.4. The van der Waals surface area contributed by atoms with Gasteiger partial charge >= 0.3 is 0 Å². The molecule has 28 heavy (non-hydrogen) atoms. The molecule has 1 atom stereocenters. The third-order valence-corrected chi connectivity index (χ3v) is 4.55. The molecule has 0 aliphatic carbocycles. The van der Waals surface area contributed by atoms with Crippen molar-refractivity contribution >= 4 is 11.6 Å². The van der Waals surface area contributed by atoms with Gasteiger partial charge in [-0.3, -0.25) is 4.79 Å². The number of nitrogens with zero attached hydrogens (tertiary/aromatic N) is 1. The highest BCUT2D eigenvalue weighted by atomic mass is 16.5. The van der Waals surface area contributed by atoms with Crippen LogP contribution in [0.2, 0.25) is 0 Å². The number of nitrogens with one attached hydrogen (secondary N) is 1. The van der Waals surface area contributed by atoms with E-state index in [1.165, 1.54) is 0 Å². The number of hydrogen-bond donors (Lipinski definition) is 1. The summed E-state index contributed by atoms with van der Waals surface area (Å²) in [4.78, 5) is 17.0. The Labute approximate surface area is 163 Å². The van der Waals surface area contributed by atoms with E-state index >= 15 is 0 Å². The second-order valence-electron chi connectivity index (χ2n) is 6.44. The topological polar surface area (TPSA) is 69.7 Å². The van der Waals surface area contributed by atoms with Gasteiger partial charge in [-0.05, 0) is 54.4 Å². The third-order valence-electron chi connectivity index (χ3n) is 4.55. The van der Waals surface area contributed by atoms with Crippen molar-refractivity contribution in [1.82, 2.24) is 4.98 Å². The quantitative estimate of drug-likeness (QED) is 0.727. The fourth-order valence-electron chi connectivity index (χ4n) is 3.05. The van der Waals surface area contributed by atoms with E-state index in [-0.39, 0.29) is 11.8 Å². The largest absolute Gasteiger partial charge is 0.497 e. The molecule has 142 valence electrons. The van der Waals surface area contributed by atoms with Crippen LogP contribution in [-0.2, 0) is 11.2 Å². The SMILES string of the molecule is COc1ccc(Oc2ncccc2NC(=O)[C@H]2COc3ccccc3C2)cc1. The Bertz CT molecular complexity index is 972. The molecule has 0 unspecified atom stereocenters. The van der Waals surface area contributed by atoms with E-state index in [0.29, 0.717) is 30.3 Å². The zero-order valence-corrected chi connectivity index (χ0v) is 15.4. The third kappa shape index (κ3) is 3.91. The van der Waals surface area contributed by atoms with Crippen molar-refractivity contribution in [2.75, 3.05) is 19.0 Å². The van der Waals surface area contributed by atoms with E-state index in [1.807, 2.05) is 24.3 Å². The van der Waals surface area contributed by atoms with Crippen LogP contribution in [0, 0.1) is 5.92 Å². The second-order valence-corrected chi connectivity index (χ2v) is 6.44. The summed E-state index contributed by atoms with van der Waals surface area (Å²) < 4.78 is 16.7. The normalized spacial score (nSPS) is 15.1. The first-order valence-electron chi connectivity index (χ1n) is 9.01. The van der Waals surface area contributed by atoms with Crippen molar-refractivity contribution in [3.05, 3.63) is 72.4 Å². The highest BCUT2D eigenvalue weighted by Gasteiger charge is 2.26. The fourth-order valence-corrected chi connectivity index (χ4v) is 3.05. The first-order chi connectivity index (χ1) is 13.7. The van der Waals surface area contributed by atoms with Gasteiger partial charge in [-0.1, -0.05) is 18.2 Å². The van der Waals surface area contributed by atoms with Crippen LogP contribution < -0.4 is 19.5 Å². The summed E-state index contributed by atoms with van der Waals surface area (Å²) in [7, 11) is 1.61. The Morgan fingerprint density at radius 1 is 1.07 bits per heavy atom. The van der Waals surface area contributed by atoms with Gasteiger partial charge in [0.25, 0.3) is 0 Å². The van der Waals surface area contributed by atoms with Crippen LogP contribution in [0.5, 0.6) is 23.1 Å². The molecular formula is C22H20N2O4. The average Bonchev–Trinajstić information content (AvgIpc) is 2.75. The number of hydrogen-bond acceptors (Lipinski definition) is 5. The van der Waals surface area contributed by atoms with Gasteiger partial charge in [-0.25, -0.2) is 4.98 Å². The van der Waals surface area contributed by atoms with Gasteiger partial charge in [0, 0.05) is 6.20 Å². The smallest absolute Gasteiger partial charge is 0.243 e. The van der Waals surface area contributed by atoms with Crippen molar-refractivity contribution in [3.63, 3.8) is 0 Å². The van der Waals surface area contributed by atoms with Crippen LogP contribution in [0.25, 0.3) is 0 Å². The van der Waals surface area contributed by atoms with Gasteiger partial charge in [-0.15, -0.1) is 0 Å². The van der Waals surface area contributed by atoms with Crippen molar-refractivity contribution in [1.29, 1.82) is 0 Å². The molecule has 0 bridgehead atoms. The molecule has 0 fully saturated rings. The molecule has 0 radical (unpaired) electrons. The molecule has 1 aliphatic rings. The Morgan fingerprint density at radius 2 is 1.86 bits per heavy atom. The number of carbonyl (C=O) groups is 1. The van der Waals surface area contributed by atoms with Gasteiger partial charge in [0.1, 0.15) is 29.5 Å². The maximum atomic E-state index is 12.8. The second kappa shape index (κ2) is 8.00. The lowest BCUT2D eigenvalue weighted by molar-refractivity contribution is -0.121. The number of ether oxygens (including phenoxy) is 3. The van der Waals surface area contributed by atoms with E-state index in [9.17, 15) is 4.79 Å². The van der Waals surface area contributed by atoms with Crippen LogP contribution >= 0.6 is 0 Å². The molecule has 3 aromatic rings. The van der Waals surface area contributed by atoms with Crippen molar-refractivity contribution in [2.24, 2.45) is 5.92 Å². The van der Waals surface area contributed by atoms with Crippen LogP contribution in [0.3, 0.4) is 0 Å². The first kappa shape index (κ1) is 17.9. The number of para-hydroxylation sites is 1. The van der Waals surface area contributed by atoms with Gasteiger partial charge in [0.15, 0.2) is 0 Å². The number of anilines is 1. The number of pyridine rings is 1. The molecule has 2 aromatic carbocycles. The number of methoxy groups -OCH3 is 1. The number of rotatable bonds is 5. The maximum absolute atomic E-state index is 12.8. The molecule has 0 saturated heterocycles. The lowest BCUT2D eigenvalue weighted by Crippen LogP contribution is -2.32. The summed E-state index contributed by atoms with van der Waals surface area (Å²) in [5.41, 5.74) is 1.55. The monoisotopic (exact) mass is 376 g/mol. The average molecular weight is 376 g/mol. The first-order valence-corrected chi connectivity index (χ1v) is 9.01. The van der Waals surface area contributed by atoms with Crippen molar-refractivity contribution in [3.8, 4) is 23.1 Å². The summed E-state index contributed by atoms with van der Waals surface area (Å²) in [5, 5.41) is 2.92. The van der Waals surface area contributed by atoms with Gasteiger partial charge in [0.05, 0.1) is 13.0 Å². The summed E-state index contributed by atoms with van der Waals surface area (Å²) in [6.45, 7) is 0.345. The van der Waals surface area contributed by atoms with Crippen LogP contribution in [0.4, 0.5) is 5.69 Å². The van der Waals surface area contributed by atoms with Crippen molar-refractivity contribution < 1.29 is 19.0 Å². The predicted molar refractivity (Wildman–Crippen MR) is 105 cm³/mol. The molecule has 2 heterocycles. The highest BCUT2D eigenvalue weighted by Crippen LogP contribution is 2.30. The summed E-state index contributed by atoms with van der Waals surface area (Å²) in [6.07, 6.45) is 2.26. The molecule has 1 amide bonds. The van der Waals surface area contributed by atoms with E-state index in [4.69, 9.17) is 14.2 Å². The molecule has 0 spiro atoms. The minimum atomic E-state index is -0.274. The van der Waals surface area contributed by atoms with Crippen molar-refractivity contribution in [2.45, 2.75) is 6.42 Å². The molecular weight excluding hydrogens is 356 g/mol. The molecule has 1 aromatic heterocycles. The minimum Gasteiger partial charge on any atom is -0.497 e. The molecule has 4 rings (SSSR count). The predicted octanol–water partition coefficient (Wildman–Crippen LogP) is 4.07. The molecule has 1 N–H and O–H groups in total. The van der Waals surface area contributed by atoms with E-state index in [0.717, 1.165) is 17.1 Å². The molecule has 6 heteroatoms. The summed E-state index contributed by atoms with van der Waals surface area (Å²) >= 11 is 0. The Morgan fingerprint density at radius 3 is 2.68 bits per heavy atom. The van der Waals surface area contributed by atoms with Gasteiger partial charge in [0.2, 0.25) is 11.8 Å². The summed E-state index contributed by atoms with van der Waals surface area (Å²) in [5.74, 6) is 2.12. The van der Waals surface area contributed by atoms with Gasteiger partial charge in [-0.2, -0.15) is 0 Å². The van der Waals surface area contributed by atoms with Crippen LogP contribution in [-0.4, -0.2) is 24.6 Å². The standard InChI is InChI=1S/C22H20N2O4/c1-26-17-8-10-18(11-9-17)28-22-19(6-4-12-23-22)24-21(25)16-13-15-5-2-3-7-20(15)27-14-16/h2-12,16H,13-14H2,1H3,(H,24,25)/t16-/m1/s1. The molecule has 0 saturated carbocycles. The lowest BCUT2D eigenvalue weighted by atomic mass is 9.96. The fraction of sp³-hybridized carbons (Fsp3) is 0.182. The van der Waals surface area contributed by atoms with Crippen LogP contribution in [0.1, 0.15) is 5.56 Å². The number of amides is 1. The molecule has 1 aliphatic heterocycles. The number of fused-ring (bicyclic) bond motifs is 1. The zero-order chi connectivity index (χ0) is 19.3. The molecule has 6 nitrogen and oxygen atoms in total.